The number of carbonyl (C=O) groups excluding carboxylic acids is 2. The number of benzene rings is 1. The lowest BCUT2D eigenvalue weighted by Crippen LogP contribution is -2.31. The zero-order valence-electron chi connectivity index (χ0n) is 10.9. The number of ether oxygens (including phenoxy) is 1. The van der Waals surface area contributed by atoms with Crippen molar-refractivity contribution in [2.24, 2.45) is 5.73 Å². The molecule has 0 aliphatic heterocycles. The van der Waals surface area contributed by atoms with Gasteiger partial charge in [-0.15, -0.1) is 0 Å². The molecule has 19 heavy (non-hydrogen) atoms. The van der Waals surface area contributed by atoms with E-state index in [0.29, 0.717) is 13.2 Å². The van der Waals surface area contributed by atoms with Crippen molar-refractivity contribution in [3.05, 3.63) is 29.8 Å². The van der Waals surface area contributed by atoms with Crippen LogP contribution in [0.2, 0.25) is 0 Å². The molecule has 1 aromatic rings. The molecule has 1 aromatic carbocycles. The van der Waals surface area contributed by atoms with E-state index in [2.05, 4.69) is 10.6 Å². The summed E-state index contributed by atoms with van der Waals surface area (Å²) in [5, 5.41) is 5.68. The number of nitrogens with two attached hydrogens (primary N) is 1. The van der Waals surface area contributed by atoms with E-state index in [1.54, 1.807) is 0 Å². The topological polar surface area (TPSA) is 93.4 Å². The Balaban J connectivity index is 2.13. The predicted molar refractivity (Wildman–Crippen MR) is 72.7 cm³/mol. The van der Waals surface area contributed by atoms with Gasteiger partial charge in [-0.1, -0.05) is 12.1 Å². The Bertz CT molecular complexity index is 435. The number of primary amides is 1. The highest BCUT2D eigenvalue weighted by atomic mass is 16.5. The first-order valence-corrected chi connectivity index (χ1v) is 6.01. The Kier molecular flexibility index (Phi) is 6.56. The van der Waals surface area contributed by atoms with Crippen LogP contribution in [0.5, 0.6) is 0 Å². The maximum atomic E-state index is 11.6. The molecule has 0 saturated heterocycles. The number of anilines is 1. The molecule has 0 unspecified atom stereocenters. The van der Waals surface area contributed by atoms with Crippen LogP contribution in [0.15, 0.2) is 24.3 Å². The molecule has 4 N–H and O–H groups in total. The SMILES string of the molecule is Cc1cccc(NC(=O)CNCCOCC(N)=O)c1. The molecule has 0 aromatic heterocycles. The molecule has 2 amide bonds. The minimum absolute atomic E-state index is 0.100. The molecule has 0 bridgehead atoms. The van der Waals surface area contributed by atoms with Crippen molar-refractivity contribution in [3.63, 3.8) is 0 Å². The minimum atomic E-state index is -0.503. The molecule has 6 heteroatoms. The molecule has 0 saturated carbocycles. The maximum absolute atomic E-state index is 11.6. The van der Waals surface area contributed by atoms with Crippen molar-refractivity contribution in [1.29, 1.82) is 0 Å². The van der Waals surface area contributed by atoms with Gasteiger partial charge < -0.3 is 21.1 Å². The lowest BCUT2D eigenvalue weighted by Gasteiger charge is -2.07. The van der Waals surface area contributed by atoms with Gasteiger partial charge in [0.1, 0.15) is 6.61 Å². The van der Waals surface area contributed by atoms with Gasteiger partial charge in [0.15, 0.2) is 0 Å². The third kappa shape index (κ3) is 7.17. The Morgan fingerprint density at radius 1 is 1.37 bits per heavy atom. The first-order valence-electron chi connectivity index (χ1n) is 6.01. The molecule has 0 fully saturated rings. The molecule has 0 radical (unpaired) electrons. The maximum Gasteiger partial charge on any atom is 0.243 e. The van der Waals surface area contributed by atoms with E-state index in [9.17, 15) is 9.59 Å². The van der Waals surface area contributed by atoms with Crippen molar-refractivity contribution in [2.75, 3.05) is 31.6 Å². The minimum Gasteiger partial charge on any atom is -0.370 e. The smallest absolute Gasteiger partial charge is 0.243 e. The Morgan fingerprint density at radius 2 is 2.16 bits per heavy atom. The third-order valence-electron chi connectivity index (χ3n) is 2.25. The number of aryl methyl sites for hydroxylation is 1. The lowest BCUT2D eigenvalue weighted by molar-refractivity contribution is -0.122. The van der Waals surface area contributed by atoms with Crippen LogP contribution in [0.3, 0.4) is 0 Å². The van der Waals surface area contributed by atoms with Gasteiger partial charge in [0.05, 0.1) is 13.2 Å². The van der Waals surface area contributed by atoms with Crippen LogP contribution >= 0.6 is 0 Å². The van der Waals surface area contributed by atoms with Crippen LogP contribution in [0.1, 0.15) is 5.56 Å². The van der Waals surface area contributed by atoms with Gasteiger partial charge in [-0.3, -0.25) is 9.59 Å². The van der Waals surface area contributed by atoms with Crippen molar-refractivity contribution in [3.8, 4) is 0 Å². The zero-order chi connectivity index (χ0) is 14.1. The number of amides is 2. The van der Waals surface area contributed by atoms with Crippen LogP contribution in [0.4, 0.5) is 5.69 Å². The fraction of sp³-hybridized carbons (Fsp3) is 0.385. The summed E-state index contributed by atoms with van der Waals surface area (Å²) < 4.78 is 4.94. The highest BCUT2D eigenvalue weighted by molar-refractivity contribution is 5.92. The largest absolute Gasteiger partial charge is 0.370 e. The number of hydrogen-bond acceptors (Lipinski definition) is 4. The molecule has 1 rings (SSSR count). The van der Waals surface area contributed by atoms with Crippen LogP contribution in [0, 0.1) is 6.92 Å². The first kappa shape index (κ1) is 15.1. The number of hydrogen-bond donors (Lipinski definition) is 3. The molecule has 6 nitrogen and oxygen atoms in total. The van der Waals surface area contributed by atoms with Crippen molar-refractivity contribution >= 4 is 17.5 Å². The molecular weight excluding hydrogens is 246 g/mol. The zero-order valence-corrected chi connectivity index (χ0v) is 10.9. The third-order valence-corrected chi connectivity index (χ3v) is 2.25. The van der Waals surface area contributed by atoms with E-state index in [0.717, 1.165) is 11.3 Å². The van der Waals surface area contributed by atoms with Gasteiger partial charge in [-0.05, 0) is 24.6 Å². The van der Waals surface area contributed by atoms with Gasteiger partial charge in [0.25, 0.3) is 0 Å². The number of rotatable bonds is 8. The average molecular weight is 265 g/mol. The second kappa shape index (κ2) is 8.23. The summed E-state index contributed by atoms with van der Waals surface area (Å²) >= 11 is 0. The summed E-state index contributed by atoms with van der Waals surface area (Å²) in [4.78, 5) is 22.0. The van der Waals surface area contributed by atoms with Crippen LogP contribution in [0.25, 0.3) is 0 Å². The quantitative estimate of drug-likeness (QED) is 0.578. The predicted octanol–water partition coefficient (Wildman–Crippen LogP) is 0.0250. The molecule has 0 aliphatic carbocycles. The van der Waals surface area contributed by atoms with Crippen molar-refractivity contribution in [1.82, 2.24) is 5.32 Å². The van der Waals surface area contributed by atoms with Gasteiger partial charge >= 0.3 is 0 Å². The summed E-state index contributed by atoms with van der Waals surface area (Å²) in [6, 6.07) is 7.58. The van der Waals surface area contributed by atoms with Crippen LogP contribution in [-0.4, -0.2) is 38.1 Å². The molecule has 104 valence electrons. The summed E-state index contributed by atoms with van der Waals surface area (Å²) in [5.41, 5.74) is 6.77. The molecule has 0 aliphatic rings. The van der Waals surface area contributed by atoms with E-state index in [1.165, 1.54) is 0 Å². The second-order valence-corrected chi connectivity index (χ2v) is 4.11. The highest BCUT2D eigenvalue weighted by Gasteiger charge is 2.01. The van der Waals surface area contributed by atoms with E-state index in [-0.39, 0.29) is 19.1 Å². The second-order valence-electron chi connectivity index (χ2n) is 4.11. The number of carbonyl (C=O) groups is 2. The lowest BCUT2D eigenvalue weighted by atomic mass is 10.2. The molecule has 0 spiro atoms. The fourth-order valence-electron chi connectivity index (χ4n) is 1.45. The standard InChI is InChI=1S/C13H19N3O3/c1-10-3-2-4-11(7-10)16-13(18)8-15-5-6-19-9-12(14)17/h2-4,7,15H,5-6,8-9H2,1H3,(H2,14,17)(H,16,18). The Hall–Kier alpha value is -1.92. The van der Waals surface area contributed by atoms with Crippen molar-refractivity contribution < 1.29 is 14.3 Å². The van der Waals surface area contributed by atoms with Crippen molar-refractivity contribution in [2.45, 2.75) is 6.92 Å². The van der Waals surface area contributed by atoms with E-state index in [4.69, 9.17) is 10.5 Å². The van der Waals surface area contributed by atoms with Gasteiger partial charge in [0.2, 0.25) is 11.8 Å². The molecule has 0 heterocycles. The van der Waals surface area contributed by atoms with E-state index >= 15 is 0 Å². The summed E-state index contributed by atoms with van der Waals surface area (Å²) in [5.74, 6) is -0.627. The number of nitrogens with one attached hydrogen (secondary N) is 2. The summed E-state index contributed by atoms with van der Waals surface area (Å²) in [7, 11) is 0. The summed E-state index contributed by atoms with van der Waals surface area (Å²) in [6.45, 7) is 2.87. The molecular formula is C13H19N3O3. The molecule has 0 atom stereocenters. The average Bonchev–Trinajstić information content (AvgIpc) is 2.33. The van der Waals surface area contributed by atoms with E-state index in [1.807, 2.05) is 31.2 Å². The Labute approximate surface area is 112 Å². The normalized spacial score (nSPS) is 10.2. The van der Waals surface area contributed by atoms with Crippen LogP contribution in [-0.2, 0) is 14.3 Å². The van der Waals surface area contributed by atoms with Gasteiger partial charge in [0, 0.05) is 12.2 Å². The first-order chi connectivity index (χ1) is 9.08. The Morgan fingerprint density at radius 3 is 2.84 bits per heavy atom. The summed E-state index contributed by atoms with van der Waals surface area (Å²) in [6.07, 6.45) is 0. The van der Waals surface area contributed by atoms with Gasteiger partial charge in [-0.2, -0.15) is 0 Å². The van der Waals surface area contributed by atoms with E-state index < -0.39 is 5.91 Å². The van der Waals surface area contributed by atoms with Crippen LogP contribution < -0.4 is 16.4 Å². The monoisotopic (exact) mass is 265 g/mol. The van der Waals surface area contributed by atoms with Gasteiger partial charge in [-0.25, -0.2) is 0 Å². The fourth-order valence-corrected chi connectivity index (χ4v) is 1.45. The highest BCUT2D eigenvalue weighted by Crippen LogP contribution is 2.08.